The highest BCUT2D eigenvalue weighted by molar-refractivity contribution is 5.94. The van der Waals surface area contributed by atoms with Crippen LogP contribution in [0.2, 0.25) is 0 Å². The van der Waals surface area contributed by atoms with E-state index in [0.29, 0.717) is 18.1 Å². The van der Waals surface area contributed by atoms with Gasteiger partial charge in [-0.15, -0.1) is 0 Å². The average molecular weight is 423 g/mol. The highest BCUT2D eigenvalue weighted by atomic mass is 16.2. The van der Waals surface area contributed by atoms with Gasteiger partial charge in [0, 0.05) is 57.0 Å². The molecule has 2 saturated heterocycles. The summed E-state index contributed by atoms with van der Waals surface area (Å²) < 4.78 is 0. The topological polar surface area (TPSA) is 95.7 Å². The minimum absolute atomic E-state index is 0.195. The summed E-state index contributed by atoms with van der Waals surface area (Å²) in [5.41, 5.74) is 8.69. The van der Waals surface area contributed by atoms with Crippen LogP contribution < -0.4 is 10.6 Å². The number of primary amides is 1. The van der Waals surface area contributed by atoms with Crippen LogP contribution in [0.4, 0.5) is 5.95 Å². The van der Waals surface area contributed by atoms with Crippen molar-refractivity contribution in [1.82, 2.24) is 19.8 Å². The second-order valence-corrected chi connectivity index (χ2v) is 8.62. The number of hydrogen-bond donors (Lipinski definition) is 1. The highest BCUT2D eigenvalue weighted by Crippen LogP contribution is 2.34. The zero-order valence-corrected chi connectivity index (χ0v) is 18.3. The Kier molecular flexibility index (Phi) is 6.18. The quantitative estimate of drug-likeness (QED) is 0.762. The van der Waals surface area contributed by atoms with E-state index in [1.807, 2.05) is 42.2 Å². The lowest BCUT2D eigenvalue weighted by Crippen LogP contribution is -2.37. The maximum atomic E-state index is 12.6. The van der Waals surface area contributed by atoms with Gasteiger partial charge in [-0.3, -0.25) is 14.5 Å². The van der Waals surface area contributed by atoms with Crippen LogP contribution in [0.1, 0.15) is 41.2 Å². The molecule has 1 aromatic carbocycles. The average Bonchev–Trinajstić information content (AvgIpc) is 3.46. The van der Waals surface area contributed by atoms with Crippen LogP contribution >= 0.6 is 0 Å². The Bertz CT molecular complexity index is 970. The summed E-state index contributed by atoms with van der Waals surface area (Å²) in [6.45, 7) is 3.88. The molecule has 0 radical (unpaired) electrons. The standard InChI is InChI=1S/C23H30N6O2/c1-27(2)23-25-13-19(16-6-5-7-17(12-16)22(24)31)21(26-23)18-8-11-28(14-18)15-20(30)29-9-3-4-10-29/h5-7,12-13,18H,3-4,8-11,14-15H2,1-2H3,(H2,24,31)/t18-/m0/s1. The fourth-order valence-electron chi connectivity index (χ4n) is 4.43. The Morgan fingerprint density at radius 3 is 2.68 bits per heavy atom. The van der Waals surface area contributed by atoms with Gasteiger partial charge in [-0.2, -0.15) is 0 Å². The second kappa shape index (κ2) is 9.01. The number of nitrogens with two attached hydrogens (primary N) is 1. The normalized spacial score (nSPS) is 19.0. The molecule has 3 heterocycles. The van der Waals surface area contributed by atoms with Gasteiger partial charge < -0.3 is 15.5 Å². The predicted molar refractivity (Wildman–Crippen MR) is 120 cm³/mol. The Balaban J connectivity index is 1.59. The molecule has 31 heavy (non-hydrogen) atoms. The monoisotopic (exact) mass is 422 g/mol. The van der Waals surface area contributed by atoms with Gasteiger partial charge in [-0.05, 0) is 43.5 Å². The molecule has 0 bridgehead atoms. The summed E-state index contributed by atoms with van der Waals surface area (Å²) in [7, 11) is 3.84. The number of hydrogen-bond acceptors (Lipinski definition) is 6. The molecular formula is C23H30N6O2. The van der Waals surface area contributed by atoms with Crippen molar-refractivity contribution < 1.29 is 9.59 Å². The van der Waals surface area contributed by atoms with Gasteiger partial charge in [0.15, 0.2) is 0 Å². The van der Waals surface area contributed by atoms with Crippen LogP contribution in [0.25, 0.3) is 11.1 Å². The highest BCUT2D eigenvalue weighted by Gasteiger charge is 2.30. The van der Waals surface area contributed by atoms with Gasteiger partial charge in [-0.25, -0.2) is 9.97 Å². The molecule has 4 rings (SSSR count). The molecule has 0 aliphatic carbocycles. The van der Waals surface area contributed by atoms with Crippen LogP contribution in [0.15, 0.2) is 30.5 Å². The van der Waals surface area contributed by atoms with Gasteiger partial charge >= 0.3 is 0 Å². The summed E-state index contributed by atoms with van der Waals surface area (Å²) in [6, 6.07) is 7.29. The van der Waals surface area contributed by atoms with Crippen LogP contribution in [0, 0.1) is 0 Å². The molecule has 8 heteroatoms. The van der Waals surface area contributed by atoms with Crippen LogP contribution in [0.5, 0.6) is 0 Å². The van der Waals surface area contributed by atoms with Crippen molar-refractivity contribution in [3.05, 3.63) is 41.7 Å². The first-order chi connectivity index (χ1) is 14.9. The molecule has 2 amide bonds. The largest absolute Gasteiger partial charge is 0.366 e. The lowest BCUT2D eigenvalue weighted by Gasteiger charge is -2.21. The third-order valence-corrected chi connectivity index (χ3v) is 6.14. The van der Waals surface area contributed by atoms with Crippen LogP contribution in [-0.2, 0) is 4.79 Å². The van der Waals surface area contributed by atoms with Crippen molar-refractivity contribution in [2.45, 2.75) is 25.2 Å². The minimum Gasteiger partial charge on any atom is -0.366 e. The third kappa shape index (κ3) is 4.69. The minimum atomic E-state index is -0.457. The number of carbonyl (C=O) groups excluding carboxylic acids is 2. The fraction of sp³-hybridized carbons (Fsp3) is 0.478. The summed E-state index contributed by atoms with van der Waals surface area (Å²) in [6.07, 6.45) is 4.97. The van der Waals surface area contributed by atoms with Gasteiger partial charge in [0.05, 0.1) is 12.2 Å². The SMILES string of the molecule is CN(C)c1ncc(-c2cccc(C(N)=O)c2)c([C@H]2CCN(CC(=O)N3CCCC3)C2)n1. The van der Waals surface area contributed by atoms with Crippen LogP contribution in [0.3, 0.4) is 0 Å². The number of anilines is 1. The maximum absolute atomic E-state index is 12.6. The van der Waals surface area contributed by atoms with E-state index in [2.05, 4.69) is 9.88 Å². The lowest BCUT2D eigenvalue weighted by atomic mass is 9.95. The summed E-state index contributed by atoms with van der Waals surface area (Å²) in [5, 5.41) is 0. The summed E-state index contributed by atoms with van der Waals surface area (Å²) in [5.74, 6) is 0.614. The molecule has 2 aliphatic heterocycles. The molecule has 2 fully saturated rings. The van der Waals surface area contributed by atoms with Crippen molar-refractivity contribution in [3.63, 3.8) is 0 Å². The smallest absolute Gasteiger partial charge is 0.248 e. The van der Waals surface area contributed by atoms with Crippen molar-refractivity contribution in [1.29, 1.82) is 0 Å². The molecule has 0 unspecified atom stereocenters. The van der Waals surface area contributed by atoms with Gasteiger partial charge in [0.1, 0.15) is 0 Å². The molecule has 2 aliphatic rings. The van der Waals surface area contributed by atoms with Gasteiger partial charge in [0.2, 0.25) is 17.8 Å². The summed E-state index contributed by atoms with van der Waals surface area (Å²) in [4.78, 5) is 39.7. The van der Waals surface area contributed by atoms with Crippen molar-refractivity contribution in [2.75, 3.05) is 51.7 Å². The summed E-state index contributed by atoms with van der Waals surface area (Å²) >= 11 is 0. The van der Waals surface area contributed by atoms with E-state index >= 15 is 0 Å². The van der Waals surface area contributed by atoms with E-state index in [-0.39, 0.29) is 11.8 Å². The Morgan fingerprint density at radius 1 is 1.19 bits per heavy atom. The number of aromatic nitrogens is 2. The third-order valence-electron chi connectivity index (χ3n) is 6.14. The van der Waals surface area contributed by atoms with Crippen molar-refractivity contribution in [3.8, 4) is 11.1 Å². The molecular weight excluding hydrogens is 392 g/mol. The van der Waals surface area contributed by atoms with E-state index in [0.717, 1.165) is 62.3 Å². The predicted octanol–water partition coefficient (Wildman–Crippen LogP) is 1.72. The number of amides is 2. The first kappa shape index (κ1) is 21.2. The Labute approximate surface area is 183 Å². The molecule has 0 saturated carbocycles. The lowest BCUT2D eigenvalue weighted by molar-refractivity contribution is -0.131. The zero-order valence-electron chi connectivity index (χ0n) is 18.3. The second-order valence-electron chi connectivity index (χ2n) is 8.62. The van der Waals surface area contributed by atoms with Crippen LogP contribution in [-0.4, -0.2) is 78.4 Å². The van der Waals surface area contributed by atoms with E-state index in [1.54, 1.807) is 12.1 Å². The molecule has 1 atom stereocenters. The van der Waals surface area contributed by atoms with Gasteiger partial charge in [-0.1, -0.05) is 12.1 Å². The molecule has 2 N–H and O–H groups in total. The molecule has 1 aromatic heterocycles. The first-order valence-electron chi connectivity index (χ1n) is 10.9. The van der Waals surface area contributed by atoms with E-state index in [1.165, 1.54) is 0 Å². The Morgan fingerprint density at radius 2 is 1.97 bits per heavy atom. The van der Waals surface area contributed by atoms with E-state index < -0.39 is 5.91 Å². The first-order valence-corrected chi connectivity index (χ1v) is 10.9. The molecule has 0 spiro atoms. The van der Waals surface area contributed by atoms with Crippen molar-refractivity contribution >= 4 is 17.8 Å². The molecule has 8 nitrogen and oxygen atoms in total. The maximum Gasteiger partial charge on any atom is 0.248 e. The fourth-order valence-corrected chi connectivity index (χ4v) is 4.43. The Hall–Kier alpha value is -3.00. The van der Waals surface area contributed by atoms with E-state index in [9.17, 15) is 9.59 Å². The van der Waals surface area contributed by atoms with Crippen molar-refractivity contribution in [2.24, 2.45) is 5.73 Å². The number of carbonyl (C=O) groups is 2. The number of likely N-dealkylation sites (tertiary alicyclic amines) is 2. The van der Waals surface area contributed by atoms with E-state index in [4.69, 9.17) is 10.7 Å². The van der Waals surface area contributed by atoms with Gasteiger partial charge in [0.25, 0.3) is 0 Å². The number of rotatable bonds is 6. The number of nitrogens with zero attached hydrogens (tertiary/aromatic N) is 5. The zero-order chi connectivity index (χ0) is 22.0. The molecule has 164 valence electrons. The number of benzene rings is 1. The molecule has 2 aromatic rings.